The first-order valence-corrected chi connectivity index (χ1v) is 5.40. The van der Waals surface area contributed by atoms with Crippen molar-refractivity contribution in [3.63, 3.8) is 0 Å². The van der Waals surface area contributed by atoms with E-state index < -0.39 is 0 Å². The van der Waals surface area contributed by atoms with Crippen molar-refractivity contribution in [2.45, 2.75) is 52.2 Å². The second kappa shape index (κ2) is 4.43. The first-order chi connectivity index (χ1) is 6.04. The van der Waals surface area contributed by atoms with Gasteiger partial charge in [-0.15, -0.1) is 0 Å². The van der Waals surface area contributed by atoms with E-state index in [0.717, 1.165) is 19.3 Å². The van der Waals surface area contributed by atoms with Gasteiger partial charge in [0.05, 0.1) is 12.2 Å². The molecule has 1 aliphatic carbocycles. The maximum absolute atomic E-state index is 9.75. The van der Waals surface area contributed by atoms with Crippen molar-refractivity contribution in [3.8, 4) is 0 Å². The molecule has 0 bridgehead atoms. The van der Waals surface area contributed by atoms with E-state index in [1.165, 1.54) is 0 Å². The first kappa shape index (κ1) is 11.0. The molecule has 13 heavy (non-hydrogen) atoms. The first-order valence-electron chi connectivity index (χ1n) is 5.40. The van der Waals surface area contributed by atoms with Crippen molar-refractivity contribution in [1.82, 2.24) is 0 Å². The molecule has 4 unspecified atom stereocenters. The van der Waals surface area contributed by atoms with Crippen molar-refractivity contribution in [2.24, 2.45) is 17.8 Å². The molecule has 1 rings (SSSR count). The van der Waals surface area contributed by atoms with Crippen LogP contribution < -0.4 is 0 Å². The zero-order chi connectivity index (χ0) is 10.0. The van der Waals surface area contributed by atoms with E-state index in [1.54, 1.807) is 0 Å². The molecule has 2 nitrogen and oxygen atoms in total. The highest BCUT2D eigenvalue weighted by molar-refractivity contribution is 4.86. The van der Waals surface area contributed by atoms with Crippen LogP contribution in [0.25, 0.3) is 0 Å². The quantitative estimate of drug-likeness (QED) is 0.705. The summed E-state index contributed by atoms with van der Waals surface area (Å²) in [4.78, 5) is 0. The van der Waals surface area contributed by atoms with Crippen LogP contribution >= 0.6 is 0 Å². The fourth-order valence-electron chi connectivity index (χ4n) is 2.83. The predicted octanol–water partition coefficient (Wildman–Crippen LogP) is 1.80. The molecule has 1 aliphatic rings. The minimum Gasteiger partial charge on any atom is -0.393 e. The van der Waals surface area contributed by atoms with E-state index in [1.807, 2.05) is 6.92 Å². The third-order valence-corrected chi connectivity index (χ3v) is 3.35. The molecule has 78 valence electrons. The summed E-state index contributed by atoms with van der Waals surface area (Å²) in [6.07, 6.45) is 2.64. The van der Waals surface area contributed by atoms with E-state index in [4.69, 9.17) is 0 Å². The van der Waals surface area contributed by atoms with Gasteiger partial charge in [0.25, 0.3) is 0 Å². The van der Waals surface area contributed by atoms with Crippen LogP contribution in [0.15, 0.2) is 0 Å². The molecule has 2 heteroatoms. The van der Waals surface area contributed by atoms with Crippen molar-refractivity contribution < 1.29 is 10.2 Å². The van der Waals surface area contributed by atoms with Gasteiger partial charge in [-0.25, -0.2) is 0 Å². The second-order valence-corrected chi connectivity index (χ2v) is 4.72. The van der Waals surface area contributed by atoms with Crippen LogP contribution in [-0.4, -0.2) is 22.4 Å². The van der Waals surface area contributed by atoms with Gasteiger partial charge >= 0.3 is 0 Å². The number of aliphatic hydroxyl groups excluding tert-OH is 2. The summed E-state index contributed by atoms with van der Waals surface area (Å²) >= 11 is 0. The number of hydrogen-bond acceptors (Lipinski definition) is 2. The van der Waals surface area contributed by atoms with Crippen LogP contribution in [0.2, 0.25) is 0 Å². The molecule has 4 atom stereocenters. The molecule has 0 aliphatic heterocycles. The maximum atomic E-state index is 9.75. The van der Waals surface area contributed by atoms with Gasteiger partial charge in [0.15, 0.2) is 0 Å². The Labute approximate surface area is 81.0 Å². The lowest BCUT2D eigenvalue weighted by Gasteiger charge is -2.31. The van der Waals surface area contributed by atoms with Gasteiger partial charge in [0.1, 0.15) is 0 Å². The predicted molar refractivity (Wildman–Crippen MR) is 53.4 cm³/mol. The summed E-state index contributed by atoms with van der Waals surface area (Å²) in [6, 6.07) is 0. The van der Waals surface area contributed by atoms with Gasteiger partial charge in [-0.2, -0.15) is 0 Å². The van der Waals surface area contributed by atoms with Crippen LogP contribution in [0.4, 0.5) is 0 Å². The van der Waals surface area contributed by atoms with Crippen LogP contribution in [0.1, 0.15) is 40.0 Å². The molecule has 0 saturated heterocycles. The van der Waals surface area contributed by atoms with Gasteiger partial charge in [-0.3, -0.25) is 0 Å². The SMILES string of the molecule is CC(C)C(C(C)O)C1CCCC1O. The third kappa shape index (κ3) is 2.44. The van der Waals surface area contributed by atoms with Crippen LogP contribution in [0.5, 0.6) is 0 Å². The Balaban J connectivity index is 2.63. The Kier molecular flexibility index (Phi) is 3.74. The van der Waals surface area contributed by atoms with E-state index in [0.29, 0.717) is 11.8 Å². The van der Waals surface area contributed by atoms with E-state index in [9.17, 15) is 10.2 Å². The largest absolute Gasteiger partial charge is 0.393 e. The average molecular weight is 186 g/mol. The average Bonchev–Trinajstić information content (AvgIpc) is 2.35. The second-order valence-electron chi connectivity index (χ2n) is 4.72. The highest BCUT2D eigenvalue weighted by atomic mass is 16.3. The van der Waals surface area contributed by atoms with Crippen LogP contribution in [0, 0.1) is 17.8 Å². The Hall–Kier alpha value is -0.0800. The smallest absolute Gasteiger partial charge is 0.0572 e. The Morgan fingerprint density at radius 1 is 1.15 bits per heavy atom. The fourth-order valence-corrected chi connectivity index (χ4v) is 2.83. The van der Waals surface area contributed by atoms with Gasteiger partial charge in [0, 0.05) is 0 Å². The van der Waals surface area contributed by atoms with E-state index in [2.05, 4.69) is 13.8 Å². The minimum atomic E-state index is -0.294. The Bertz CT molecular complexity index is 146. The van der Waals surface area contributed by atoms with Gasteiger partial charge < -0.3 is 10.2 Å². The molecular weight excluding hydrogens is 164 g/mol. The number of aliphatic hydroxyl groups is 2. The van der Waals surface area contributed by atoms with Crippen LogP contribution in [-0.2, 0) is 0 Å². The highest BCUT2D eigenvalue weighted by Crippen LogP contribution is 2.37. The maximum Gasteiger partial charge on any atom is 0.0572 e. The molecule has 0 spiro atoms. The van der Waals surface area contributed by atoms with Crippen molar-refractivity contribution in [1.29, 1.82) is 0 Å². The third-order valence-electron chi connectivity index (χ3n) is 3.35. The summed E-state index contributed by atoms with van der Waals surface area (Å²) < 4.78 is 0. The van der Waals surface area contributed by atoms with Crippen molar-refractivity contribution in [3.05, 3.63) is 0 Å². The van der Waals surface area contributed by atoms with Crippen molar-refractivity contribution >= 4 is 0 Å². The molecule has 1 saturated carbocycles. The Morgan fingerprint density at radius 2 is 1.77 bits per heavy atom. The van der Waals surface area contributed by atoms with Gasteiger partial charge in [-0.1, -0.05) is 20.3 Å². The molecular formula is C11H22O2. The zero-order valence-corrected chi connectivity index (χ0v) is 8.90. The van der Waals surface area contributed by atoms with Gasteiger partial charge in [0.2, 0.25) is 0 Å². The van der Waals surface area contributed by atoms with E-state index in [-0.39, 0.29) is 18.1 Å². The molecule has 0 aromatic rings. The fraction of sp³-hybridized carbons (Fsp3) is 1.00. The Morgan fingerprint density at radius 3 is 2.08 bits per heavy atom. The summed E-state index contributed by atoms with van der Waals surface area (Å²) in [5, 5.41) is 19.4. The van der Waals surface area contributed by atoms with Crippen LogP contribution in [0.3, 0.4) is 0 Å². The van der Waals surface area contributed by atoms with Gasteiger partial charge in [-0.05, 0) is 37.5 Å². The van der Waals surface area contributed by atoms with E-state index >= 15 is 0 Å². The lowest BCUT2D eigenvalue weighted by Crippen LogP contribution is -2.34. The molecule has 2 N–H and O–H groups in total. The number of hydrogen-bond donors (Lipinski definition) is 2. The summed E-state index contributed by atoms with van der Waals surface area (Å²) in [5.41, 5.74) is 0. The monoisotopic (exact) mass is 186 g/mol. The lowest BCUT2D eigenvalue weighted by atomic mass is 9.78. The molecule has 0 heterocycles. The van der Waals surface area contributed by atoms with Crippen molar-refractivity contribution in [2.75, 3.05) is 0 Å². The summed E-state index contributed by atoms with van der Waals surface area (Å²) in [6.45, 7) is 6.10. The molecule has 0 amide bonds. The molecule has 1 fully saturated rings. The topological polar surface area (TPSA) is 40.5 Å². The zero-order valence-electron chi connectivity index (χ0n) is 8.90. The molecule has 0 aromatic carbocycles. The normalized spacial score (nSPS) is 33.7. The molecule has 0 radical (unpaired) electrons. The highest BCUT2D eigenvalue weighted by Gasteiger charge is 2.36. The summed E-state index contributed by atoms with van der Waals surface area (Å²) in [7, 11) is 0. The summed E-state index contributed by atoms with van der Waals surface area (Å²) in [5.74, 6) is 1.04. The minimum absolute atomic E-state index is 0.179. The molecule has 0 aromatic heterocycles. The number of rotatable bonds is 3. The standard InChI is InChI=1S/C11H22O2/c1-7(2)11(8(3)12)9-5-4-6-10(9)13/h7-13H,4-6H2,1-3H3. The lowest BCUT2D eigenvalue weighted by molar-refractivity contribution is 0.00851.